The summed E-state index contributed by atoms with van der Waals surface area (Å²) in [6.45, 7) is 2.77. The summed E-state index contributed by atoms with van der Waals surface area (Å²) in [5.74, 6) is 0. The van der Waals surface area contributed by atoms with Gasteiger partial charge in [0.15, 0.2) is 0 Å². The van der Waals surface area contributed by atoms with Crippen LogP contribution in [0.5, 0.6) is 0 Å². The molecule has 0 saturated heterocycles. The topological polar surface area (TPSA) is 75.8 Å². The van der Waals surface area contributed by atoms with Crippen LogP contribution >= 0.6 is 0 Å². The molecular formula is C14H20N2O4. The number of aliphatic hydroxyl groups excluding tert-OH is 1. The highest BCUT2D eigenvalue weighted by molar-refractivity contribution is 5.65. The van der Waals surface area contributed by atoms with Crippen LogP contribution in [0, 0.1) is 10.1 Å². The quantitative estimate of drug-likeness (QED) is 0.612. The number of nitro groups is 1. The summed E-state index contributed by atoms with van der Waals surface area (Å²) >= 11 is 0. The van der Waals surface area contributed by atoms with E-state index in [1.54, 1.807) is 26.2 Å². The lowest BCUT2D eigenvalue weighted by atomic mass is 10.1. The molecule has 1 fully saturated rings. The SMILES string of the molecule is COCCN(c1ccc([C@@H](C)O)cc1[N+](=O)[O-])C1CC1. The molecule has 0 aromatic heterocycles. The fraction of sp³-hybridized carbons (Fsp3) is 0.571. The molecule has 1 N–H and O–H groups in total. The third-order valence-corrected chi connectivity index (χ3v) is 3.51. The van der Waals surface area contributed by atoms with Crippen molar-refractivity contribution in [2.24, 2.45) is 0 Å². The van der Waals surface area contributed by atoms with Crippen molar-refractivity contribution in [3.05, 3.63) is 33.9 Å². The van der Waals surface area contributed by atoms with Gasteiger partial charge < -0.3 is 14.7 Å². The molecule has 1 aliphatic carbocycles. The molecule has 6 heteroatoms. The Bertz CT molecular complexity index is 486. The van der Waals surface area contributed by atoms with E-state index in [4.69, 9.17) is 4.74 Å². The summed E-state index contributed by atoms with van der Waals surface area (Å²) in [5.41, 5.74) is 1.22. The maximum absolute atomic E-state index is 11.3. The summed E-state index contributed by atoms with van der Waals surface area (Å²) in [6, 6.07) is 5.30. The second-order valence-electron chi connectivity index (χ2n) is 5.10. The third kappa shape index (κ3) is 3.26. The Kier molecular flexibility index (Phi) is 4.57. The van der Waals surface area contributed by atoms with Gasteiger partial charge in [-0.3, -0.25) is 10.1 Å². The number of ether oxygens (including phenoxy) is 1. The molecule has 110 valence electrons. The van der Waals surface area contributed by atoms with E-state index in [1.807, 2.05) is 4.90 Å². The summed E-state index contributed by atoms with van der Waals surface area (Å²) in [7, 11) is 1.62. The number of anilines is 1. The average molecular weight is 280 g/mol. The number of rotatable bonds is 7. The molecule has 0 unspecified atom stereocenters. The maximum atomic E-state index is 11.3. The van der Waals surface area contributed by atoms with Crippen molar-refractivity contribution >= 4 is 11.4 Å². The molecule has 1 aliphatic rings. The number of hydrogen-bond donors (Lipinski definition) is 1. The molecule has 0 heterocycles. The number of aliphatic hydroxyl groups is 1. The van der Waals surface area contributed by atoms with Crippen LogP contribution in [0.4, 0.5) is 11.4 Å². The number of benzene rings is 1. The van der Waals surface area contributed by atoms with Crippen molar-refractivity contribution in [3.8, 4) is 0 Å². The Balaban J connectivity index is 2.34. The molecular weight excluding hydrogens is 260 g/mol. The van der Waals surface area contributed by atoms with E-state index in [-0.39, 0.29) is 10.6 Å². The zero-order valence-corrected chi connectivity index (χ0v) is 11.8. The number of methoxy groups -OCH3 is 1. The third-order valence-electron chi connectivity index (χ3n) is 3.51. The minimum Gasteiger partial charge on any atom is -0.389 e. The first kappa shape index (κ1) is 14.7. The van der Waals surface area contributed by atoms with Gasteiger partial charge in [0.1, 0.15) is 5.69 Å². The lowest BCUT2D eigenvalue weighted by Gasteiger charge is -2.24. The lowest BCUT2D eigenvalue weighted by Crippen LogP contribution is -2.30. The molecule has 2 rings (SSSR count). The molecule has 1 aromatic carbocycles. The van der Waals surface area contributed by atoms with Crippen LogP contribution in [0.1, 0.15) is 31.4 Å². The minimum absolute atomic E-state index is 0.0476. The molecule has 0 radical (unpaired) electrons. The van der Waals surface area contributed by atoms with Crippen LogP contribution in [0.3, 0.4) is 0 Å². The smallest absolute Gasteiger partial charge is 0.292 e. The summed E-state index contributed by atoms with van der Waals surface area (Å²) in [6.07, 6.45) is 1.40. The van der Waals surface area contributed by atoms with Gasteiger partial charge in [-0.15, -0.1) is 0 Å². The molecule has 0 aliphatic heterocycles. The Hall–Kier alpha value is -1.66. The Labute approximate surface area is 118 Å². The lowest BCUT2D eigenvalue weighted by molar-refractivity contribution is -0.384. The molecule has 1 saturated carbocycles. The zero-order valence-electron chi connectivity index (χ0n) is 11.8. The van der Waals surface area contributed by atoms with Gasteiger partial charge in [0.2, 0.25) is 0 Å². The van der Waals surface area contributed by atoms with Gasteiger partial charge in [-0.2, -0.15) is 0 Å². The van der Waals surface area contributed by atoms with Crippen molar-refractivity contribution in [2.75, 3.05) is 25.2 Å². The van der Waals surface area contributed by atoms with Gasteiger partial charge in [-0.1, -0.05) is 6.07 Å². The monoisotopic (exact) mass is 280 g/mol. The molecule has 0 spiro atoms. The van der Waals surface area contributed by atoms with E-state index in [0.717, 1.165) is 12.8 Å². The van der Waals surface area contributed by atoms with E-state index in [0.29, 0.717) is 30.4 Å². The van der Waals surface area contributed by atoms with Crippen molar-refractivity contribution in [1.29, 1.82) is 0 Å². The van der Waals surface area contributed by atoms with Crippen molar-refractivity contribution in [2.45, 2.75) is 31.9 Å². The molecule has 0 bridgehead atoms. The summed E-state index contributed by atoms with van der Waals surface area (Å²) in [4.78, 5) is 12.9. The minimum atomic E-state index is -0.712. The molecule has 1 atom stereocenters. The number of nitrogens with zero attached hydrogens (tertiary/aromatic N) is 2. The Morgan fingerprint density at radius 2 is 2.25 bits per heavy atom. The molecule has 20 heavy (non-hydrogen) atoms. The summed E-state index contributed by atoms with van der Waals surface area (Å²) in [5, 5.41) is 20.9. The largest absolute Gasteiger partial charge is 0.389 e. The van der Waals surface area contributed by atoms with E-state index in [1.165, 1.54) is 6.07 Å². The second-order valence-corrected chi connectivity index (χ2v) is 5.10. The van der Waals surface area contributed by atoms with Crippen LogP contribution in [0.25, 0.3) is 0 Å². The molecule has 0 amide bonds. The number of hydrogen-bond acceptors (Lipinski definition) is 5. The average Bonchev–Trinajstić information content (AvgIpc) is 3.23. The predicted octanol–water partition coefficient (Wildman–Crippen LogP) is 2.26. The number of nitro benzene ring substituents is 1. The predicted molar refractivity (Wildman–Crippen MR) is 76.0 cm³/mol. The van der Waals surface area contributed by atoms with E-state index < -0.39 is 6.10 Å². The Morgan fingerprint density at radius 3 is 2.75 bits per heavy atom. The van der Waals surface area contributed by atoms with Crippen molar-refractivity contribution < 1.29 is 14.8 Å². The second kappa shape index (κ2) is 6.19. The Morgan fingerprint density at radius 1 is 1.55 bits per heavy atom. The van der Waals surface area contributed by atoms with Crippen LogP contribution in [0.15, 0.2) is 18.2 Å². The summed E-state index contributed by atoms with van der Waals surface area (Å²) < 4.78 is 5.08. The maximum Gasteiger partial charge on any atom is 0.292 e. The van der Waals surface area contributed by atoms with Gasteiger partial charge in [0, 0.05) is 25.8 Å². The highest BCUT2D eigenvalue weighted by atomic mass is 16.6. The van der Waals surface area contributed by atoms with Crippen LogP contribution in [0.2, 0.25) is 0 Å². The zero-order chi connectivity index (χ0) is 14.7. The fourth-order valence-corrected chi connectivity index (χ4v) is 2.26. The fourth-order valence-electron chi connectivity index (χ4n) is 2.26. The molecule has 6 nitrogen and oxygen atoms in total. The first-order chi connectivity index (χ1) is 9.54. The van der Waals surface area contributed by atoms with E-state index in [9.17, 15) is 15.2 Å². The van der Waals surface area contributed by atoms with Gasteiger partial charge >= 0.3 is 0 Å². The standard InChI is InChI=1S/C14H20N2O4/c1-10(17)11-3-6-13(14(9-11)16(18)19)15(7-8-20-2)12-4-5-12/h3,6,9-10,12,17H,4-5,7-8H2,1-2H3/t10-/m1/s1. The van der Waals surface area contributed by atoms with E-state index in [2.05, 4.69) is 0 Å². The first-order valence-electron chi connectivity index (χ1n) is 6.76. The van der Waals surface area contributed by atoms with E-state index >= 15 is 0 Å². The van der Waals surface area contributed by atoms with Gasteiger partial charge in [-0.05, 0) is 31.4 Å². The first-order valence-corrected chi connectivity index (χ1v) is 6.76. The normalized spacial score (nSPS) is 15.9. The van der Waals surface area contributed by atoms with Crippen molar-refractivity contribution in [1.82, 2.24) is 0 Å². The van der Waals surface area contributed by atoms with Gasteiger partial charge in [0.05, 0.1) is 17.6 Å². The molecule has 1 aromatic rings. The van der Waals surface area contributed by atoms with Crippen molar-refractivity contribution in [3.63, 3.8) is 0 Å². The van der Waals surface area contributed by atoms with Gasteiger partial charge in [-0.25, -0.2) is 0 Å². The van der Waals surface area contributed by atoms with Gasteiger partial charge in [0.25, 0.3) is 5.69 Å². The van der Waals surface area contributed by atoms with Crippen LogP contribution in [-0.2, 0) is 4.74 Å². The van der Waals surface area contributed by atoms with Crippen LogP contribution < -0.4 is 4.90 Å². The van der Waals surface area contributed by atoms with Crippen LogP contribution in [-0.4, -0.2) is 36.3 Å². The highest BCUT2D eigenvalue weighted by Gasteiger charge is 2.32. The highest BCUT2D eigenvalue weighted by Crippen LogP contribution is 2.37.